The molecular formula is C9H14N2O2. The van der Waals surface area contributed by atoms with E-state index < -0.39 is 6.10 Å². The van der Waals surface area contributed by atoms with Gasteiger partial charge in [-0.25, -0.2) is 0 Å². The smallest absolute Gasteiger partial charge is 0.248 e. The fourth-order valence-corrected chi connectivity index (χ4v) is 1.55. The Balaban J connectivity index is 2.33. The van der Waals surface area contributed by atoms with Crippen LogP contribution in [0.1, 0.15) is 26.2 Å². The van der Waals surface area contributed by atoms with Crippen LogP contribution in [0.5, 0.6) is 0 Å². The molecule has 13 heavy (non-hydrogen) atoms. The molecule has 1 fully saturated rings. The number of hydrogen-bond donors (Lipinski definition) is 2. The van der Waals surface area contributed by atoms with Gasteiger partial charge in [-0.15, -0.1) is 0 Å². The topological polar surface area (TPSA) is 73.1 Å². The molecule has 0 aromatic rings. The van der Waals surface area contributed by atoms with E-state index >= 15 is 0 Å². The zero-order valence-electron chi connectivity index (χ0n) is 7.66. The minimum absolute atomic E-state index is 0.0688. The van der Waals surface area contributed by atoms with Gasteiger partial charge >= 0.3 is 0 Å². The number of rotatable bonds is 2. The molecule has 1 aliphatic carbocycles. The molecule has 0 bridgehead atoms. The Morgan fingerprint density at radius 2 is 2.38 bits per heavy atom. The lowest BCUT2D eigenvalue weighted by Gasteiger charge is -2.13. The highest BCUT2D eigenvalue weighted by molar-refractivity contribution is 5.80. The molecule has 3 atom stereocenters. The third-order valence-corrected chi connectivity index (χ3v) is 2.34. The van der Waals surface area contributed by atoms with Crippen molar-refractivity contribution in [3.63, 3.8) is 0 Å². The van der Waals surface area contributed by atoms with Gasteiger partial charge in [-0.05, 0) is 26.2 Å². The van der Waals surface area contributed by atoms with Crippen LogP contribution in [0.2, 0.25) is 0 Å². The van der Waals surface area contributed by atoms with E-state index in [1.165, 1.54) is 6.92 Å². The molecule has 1 aliphatic rings. The highest BCUT2D eigenvalue weighted by atomic mass is 16.3. The quantitative estimate of drug-likeness (QED) is 0.639. The zero-order chi connectivity index (χ0) is 9.84. The van der Waals surface area contributed by atoms with Gasteiger partial charge in [0.15, 0.2) is 0 Å². The second-order valence-electron chi connectivity index (χ2n) is 3.52. The molecule has 0 heterocycles. The molecule has 1 amide bonds. The van der Waals surface area contributed by atoms with Crippen LogP contribution in [-0.4, -0.2) is 23.2 Å². The van der Waals surface area contributed by atoms with Gasteiger partial charge in [0.05, 0.1) is 6.07 Å². The molecule has 0 aromatic heterocycles. The molecule has 0 radical (unpaired) electrons. The van der Waals surface area contributed by atoms with Crippen molar-refractivity contribution in [2.24, 2.45) is 5.92 Å². The number of carbonyl (C=O) groups excluding carboxylic acids is 1. The summed E-state index contributed by atoms with van der Waals surface area (Å²) in [5.74, 6) is -0.275. The third-order valence-electron chi connectivity index (χ3n) is 2.34. The molecule has 0 aromatic carbocycles. The molecule has 72 valence electrons. The highest BCUT2D eigenvalue weighted by Crippen LogP contribution is 2.24. The summed E-state index contributed by atoms with van der Waals surface area (Å²) < 4.78 is 0. The van der Waals surface area contributed by atoms with Crippen molar-refractivity contribution in [2.75, 3.05) is 0 Å². The lowest BCUT2D eigenvalue weighted by Crippen LogP contribution is -2.38. The number of hydrogen-bond acceptors (Lipinski definition) is 3. The van der Waals surface area contributed by atoms with Crippen molar-refractivity contribution < 1.29 is 9.90 Å². The Bertz CT molecular complexity index is 232. The summed E-state index contributed by atoms with van der Waals surface area (Å²) in [7, 11) is 0. The monoisotopic (exact) mass is 182 g/mol. The predicted molar refractivity (Wildman–Crippen MR) is 46.6 cm³/mol. The highest BCUT2D eigenvalue weighted by Gasteiger charge is 2.26. The first kappa shape index (κ1) is 10.0. The lowest BCUT2D eigenvalue weighted by atomic mass is 10.1. The van der Waals surface area contributed by atoms with E-state index in [9.17, 15) is 4.79 Å². The molecule has 1 rings (SSSR count). The molecule has 0 saturated heterocycles. The Hall–Kier alpha value is -1.08. The van der Waals surface area contributed by atoms with Crippen LogP contribution in [0.15, 0.2) is 0 Å². The van der Waals surface area contributed by atoms with Crippen LogP contribution in [-0.2, 0) is 4.79 Å². The summed E-state index contributed by atoms with van der Waals surface area (Å²) in [5.41, 5.74) is 0. The molecule has 1 saturated carbocycles. The average molecular weight is 182 g/mol. The van der Waals surface area contributed by atoms with Crippen LogP contribution < -0.4 is 5.32 Å². The summed E-state index contributed by atoms with van der Waals surface area (Å²) in [6.45, 7) is 1.44. The number of amides is 1. The summed E-state index contributed by atoms with van der Waals surface area (Å²) in [5, 5.41) is 20.2. The largest absolute Gasteiger partial charge is 0.384 e. The van der Waals surface area contributed by atoms with Crippen LogP contribution in [0, 0.1) is 17.2 Å². The molecule has 4 heteroatoms. The maximum atomic E-state index is 11.0. The first-order valence-corrected chi connectivity index (χ1v) is 4.51. The first-order chi connectivity index (χ1) is 6.13. The number of aliphatic hydroxyl groups is 1. The number of nitriles is 1. The maximum absolute atomic E-state index is 11.0. The van der Waals surface area contributed by atoms with Gasteiger partial charge in [0.2, 0.25) is 5.91 Å². The van der Waals surface area contributed by atoms with Crippen molar-refractivity contribution in [1.82, 2.24) is 5.32 Å². The molecule has 4 nitrogen and oxygen atoms in total. The van der Waals surface area contributed by atoms with Gasteiger partial charge in [-0.2, -0.15) is 5.26 Å². The second-order valence-corrected chi connectivity index (χ2v) is 3.52. The van der Waals surface area contributed by atoms with Crippen LogP contribution in [0.25, 0.3) is 0 Å². The molecular weight excluding hydrogens is 168 g/mol. The second kappa shape index (κ2) is 4.24. The Labute approximate surface area is 77.6 Å². The minimum Gasteiger partial charge on any atom is -0.384 e. The summed E-state index contributed by atoms with van der Waals surface area (Å²) in [4.78, 5) is 11.0. The van der Waals surface area contributed by atoms with E-state index in [0.717, 1.165) is 19.3 Å². The van der Waals surface area contributed by atoms with Gasteiger partial charge in [-0.1, -0.05) is 0 Å². The van der Waals surface area contributed by atoms with Gasteiger partial charge in [0.25, 0.3) is 0 Å². The maximum Gasteiger partial charge on any atom is 0.248 e. The lowest BCUT2D eigenvalue weighted by molar-refractivity contribution is -0.129. The van der Waals surface area contributed by atoms with Crippen molar-refractivity contribution in [2.45, 2.75) is 38.3 Å². The van der Waals surface area contributed by atoms with Crippen LogP contribution in [0.3, 0.4) is 0 Å². The molecule has 2 N–H and O–H groups in total. The summed E-state index contributed by atoms with van der Waals surface area (Å²) in [6.07, 6.45) is 1.45. The Morgan fingerprint density at radius 3 is 2.85 bits per heavy atom. The molecule has 0 spiro atoms. The summed E-state index contributed by atoms with van der Waals surface area (Å²) in [6, 6.07) is 2.26. The number of carbonyl (C=O) groups is 1. The predicted octanol–water partition coefficient (Wildman–Crippen LogP) is 0.176. The van der Waals surface area contributed by atoms with Gasteiger partial charge in [-0.3, -0.25) is 4.79 Å². The standard InChI is InChI=1S/C9H14N2O2/c1-6(12)9(13)11-8-3-2-7(4-8)5-10/h6-8,12H,2-4H2,1H3,(H,11,13). The van der Waals surface area contributed by atoms with E-state index in [0.29, 0.717) is 0 Å². The molecule has 0 aliphatic heterocycles. The van der Waals surface area contributed by atoms with Crippen LogP contribution >= 0.6 is 0 Å². The number of aliphatic hydroxyl groups excluding tert-OH is 1. The fraction of sp³-hybridized carbons (Fsp3) is 0.778. The first-order valence-electron chi connectivity index (χ1n) is 4.51. The minimum atomic E-state index is -0.957. The van der Waals surface area contributed by atoms with E-state index in [2.05, 4.69) is 11.4 Å². The van der Waals surface area contributed by atoms with E-state index in [1.807, 2.05) is 0 Å². The molecule has 3 unspecified atom stereocenters. The van der Waals surface area contributed by atoms with Gasteiger partial charge in [0, 0.05) is 12.0 Å². The zero-order valence-corrected chi connectivity index (χ0v) is 7.66. The Morgan fingerprint density at radius 1 is 1.69 bits per heavy atom. The van der Waals surface area contributed by atoms with E-state index in [4.69, 9.17) is 10.4 Å². The summed E-state index contributed by atoms with van der Waals surface area (Å²) >= 11 is 0. The van der Waals surface area contributed by atoms with Crippen LogP contribution in [0.4, 0.5) is 0 Å². The SMILES string of the molecule is CC(O)C(=O)NC1CCC(C#N)C1. The number of nitrogens with zero attached hydrogens (tertiary/aromatic N) is 1. The normalized spacial score (nSPS) is 29.3. The third kappa shape index (κ3) is 2.71. The van der Waals surface area contributed by atoms with Crippen molar-refractivity contribution >= 4 is 5.91 Å². The van der Waals surface area contributed by atoms with E-state index in [-0.39, 0.29) is 17.9 Å². The van der Waals surface area contributed by atoms with Crippen molar-refractivity contribution in [3.8, 4) is 6.07 Å². The van der Waals surface area contributed by atoms with E-state index in [1.54, 1.807) is 0 Å². The Kier molecular flexibility index (Phi) is 3.26. The number of nitrogens with one attached hydrogen (secondary N) is 1. The fourth-order valence-electron chi connectivity index (χ4n) is 1.55. The average Bonchev–Trinajstić information content (AvgIpc) is 2.52. The van der Waals surface area contributed by atoms with Gasteiger partial charge in [0.1, 0.15) is 6.10 Å². The van der Waals surface area contributed by atoms with Crippen molar-refractivity contribution in [3.05, 3.63) is 0 Å². The van der Waals surface area contributed by atoms with Crippen molar-refractivity contribution in [1.29, 1.82) is 5.26 Å². The van der Waals surface area contributed by atoms with Gasteiger partial charge < -0.3 is 10.4 Å².